The molecule has 0 saturated heterocycles. The lowest BCUT2D eigenvalue weighted by molar-refractivity contribution is 0.477. The third kappa shape index (κ3) is 3.72. The number of para-hydroxylation sites is 1. The topological polar surface area (TPSA) is 20.2 Å². The zero-order chi connectivity index (χ0) is 17.4. The molecule has 124 valence electrons. The van der Waals surface area contributed by atoms with Gasteiger partial charge in [-0.3, -0.25) is 0 Å². The fourth-order valence-electron chi connectivity index (χ4n) is 2.84. The van der Waals surface area contributed by atoms with Crippen LogP contribution in [0, 0.1) is 0 Å². The van der Waals surface area contributed by atoms with Crippen molar-refractivity contribution in [1.29, 1.82) is 0 Å². The van der Waals surface area contributed by atoms with E-state index in [1.54, 1.807) is 6.07 Å². The molecule has 2 aromatic carbocycles. The van der Waals surface area contributed by atoms with Crippen molar-refractivity contribution in [1.82, 2.24) is 0 Å². The molecular formula is C21H27ClO. The molecule has 0 heterocycles. The Bertz CT molecular complexity index is 703. The van der Waals surface area contributed by atoms with Crippen LogP contribution in [0.25, 0.3) is 11.1 Å². The molecule has 0 amide bonds. The van der Waals surface area contributed by atoms with Crippen LogP contribution in [0.1, 0.15) is 58.2 Å². The third-order valence-corrected chi connectivity index (χ3v) is 4.50. The first-order valence-corrected chi connectivity index (χ1v) is 8.61. The monoisotopic (exact) mass is 330 g/mol. The van der Waals surface area contributed by atoms with Crippen LogP contribution in [0.15, 0.2) is 36.4 Å². The quantitative estimate of drug-likeness (QED) is 0.632. The number of benzene rings is 2. The van der Waals surface area contributed by atoms with Gasteiger partial charge in [0.15, 0.2) is 0 Å². The van der Waals surface area contributed by atoms with Gasteiger partial charge in [0.05, 0.1) is 0 Å². The van der Waals surface area contributed by atoms with Gasteiger partial charge in [0.25, 0.3) is 0 Å². The minimum Gasteiger partial charge on any atom is -0.507 e. The first-order valence-electron chi connectivity index (χ1n) is 8.08. The molecule has 0 bridgehead atoms. The SMILES string of the molecule is CC(C)(C)c1cc(CCl)c(-c2ccccc2O)c(C(C)(C)C)c1. The lowest BCUT2D eigenvalue weighted by Crippen LogP contribution is -2.18. The van der Waals surface area contributed by atoms with Gasteiger partial charge in [-0.2, -0.15) is 0 Å². The van der Waals surface area contributed by atoms with Crippen LogP contribution in [0.4, 0.5) is 0 Å². The van der Waals surface area contributed by atoms with Crippen molar-refractivity contribution < 1.29 is 5.11 Å². The average Bonchev–Trinajstić information content (AvgIpc) is 2.44. The van der Waals surface area contributed by atoms with Gasteiger partial charge in [-0.05, 0) is 39.2 Å². The third-order valence-electron chi connectivity index (χ3n) is 4.21. The molecule has 0 atom stereocenters. The summed E-state index contributed by atoms with van der Waals surface area (Å²) in [5, 5.41) is 10.4. The van der Waals surface area contributed by atoms with Crippen LogP contribution < -0.4 is 0 Å². The van der Waals surface area contributed by atoms with E-state index in [4.69, 9.17) is 11.6 Å². The number of alkyl halides is 1. The molecule has 2 heteroatoms. The second kappa shape index (κ2) is 6.20. The van der Waals surface area contributed by atoms with Crippen LogP contribution in [-0.2, 0) is 16.7 Å². The highest BCUT2D eigenvalue weighted by Gasteiger charge is 2.26. The summed E-state index contributed by atoms with van der Waals surface area (Å²) in [6.07, 6.45) is 0. The number of rotatable bonds is 2. The molecule has 0 radical (unpaired) electrons. The Hall–Kier alpha value is -1.47. The number of hydrogen-bond acceptors (Lipinski definition) is 1. The Morgan fingerprint density at radius 2 is 1.52 bits per heavy atom. The van der Waals surface area contributed by atoms with Crippen LogP contribution in [0.2, 0.25) is 0 Å². The van der Waals surface area contributed by atoms with Crippen LogP contribution in [0.3, 0.4) is 0 Å². The van der Waals surface area contributed by atoms with Crippen molar-refractivity contribution in [3.8, 4) is 16.9 Å². The Morgan fingerprint density at radius 1 is 0.913 bits per heavy atom. The highest BCUT2D eigenvalue weighted by Crippen LogP contribution is 2.42. The van der Waals surface area contributed by atoms with E-state index in [-0.39, 0.29) is 10.8 Å². The maximum Gasteiger partial charge on any atom is 0.123 e. The van der Waals surface area contributed by atoms with E-state index in [2.05, 4.69) is 53.7 Å². The van der Waals surface area contributed by atoms with Gasteiger partial charge in [-0.1, -0.05) is 71.9 Å². The number of phenolic OH excluding ortho intramolecular Hbond substituents is 1. The second-order valence-electron chi connectivity index (χ2n) is 8.21. The van der Waals surface area contributed by atoms with Gasteiger partial charge < -0.3 is 5.11 Å². The second-order valence-corrected chi connectivity index (χ2v) is 8.48. The molecule has 0 aromatic heterocycles. The summed E-state index contributed by atoms with van der Waals surface area (Å²) in [6, 6.07) is 12.0. The average molecular weight is 331 g/mol. The molecule has 0 fully saturated rings. The fraction of sp³-hybridized carbons (Fsp3) is 0.429. The lowest BCUT2D eigenvalue weighted by Gasteiger charge is -2.29. The van der Waals surface area contributed by atoms with E-state index in [0.717, 1.165) is 16.7 Å². The van der Waals surface area contributed by atoms with E-state index in [1.807, 2.05) is 18.2 Å². The largest absolute Gasteiger partial charge is 0.507 e. The minimum absolute atomic E-state index is 0.0420. The van der Waals surface area contributed by atoms with Gasteiger partial charge >= 0.3 is 0 Å². The van der Waals surface area contributed by atoms with Crippen molar-refractivity contribution >= 4 is 11.6 Å². The number of hydrogen-bond donors (Lipinski definition) is 1. The number of aromatic hydroxyl groups is 1. The predicted molar refractivity (Wildman–Crippen MR) is 100 cm³/mol. The summed E-state index contributed by atoms with van der Waals surface area (Å²) >= 11 is 6.30. The van der Waals surface area contributed by atoms with Gasteiger partial charge in [-0.15, -0.1) is 11.6 Å². The molecule has 0 aliphatic carbocycles. The summed E-state index contributed by atoms with van der Waals surface area (Å²) in [7, 11) is 0. The summed E-state index contributed by atoms with van der Waals surface area (Å²) in [5.74, 6) is 0.726. The molecule has 23 heavy (non-hydrogen) atoms. The van der Waals surface area contributed by atoms with Crippen molar-refractivity contribution in [2.75, 3.05) is 0 Å². The predicted octanol–water partition coefficient (Wildman–Crippen LogP) is 6.39. The number of phenols is 1. The van der Waals surface area contributed by atoms with E-state index >= 15 is 0 Å². The van der Waals surface area contributed by atoms with Gasteiger partial charge in [0.1, 0.15) is 5.75 Å². The van der Waals surface area contributed by atoms with Crippen LogP contribution >= 0.6 is 11.6 Å². The van der Waals surface area contributed by atoms with E-state index in [1.165, 1.54) is 11.1 Å². The molecular weight excluding hydrogens is 304 g/mol. The zero-order valence-electron chi connectivity index (χ0n) is 15.0. The Balaban J connectivity index is 2.87. The van der Waals surface area contributed by atoms with E-state index in [9.17, 15) is 5.11 Å². The van der Waals surface area contributed by atoms with Gasteiger partial charge in [0, 0.05) is 11.4 Å². The zero-order valence-corrected chi connectivity index (χ0v) is 15.8. The van der Waals surface area contributed by atoms with Crippen molar-refractivity contribution in [3.63, 3.8) is 0 Å². The highest BCUT2D eigenvalue weighted by atomic mass is 35.5. The van der Waals surface area contributed by atoms with Gasteiger partial charge in [0.2, 0.25) is 0 Å². The van der Waals surface area contributed by atoms with Crippen molar-refractivity contribution in [3.05, 3.63) is 53.1 Å². The Labute approximate surface area is 145 Å². The smallest absolute Gasteiger partial charge is 0.123 e. The molecule has 0 saturated carbocycles. The van der Waals surface area contributed by atoms with Crippen molar-refractivity contribution in [2.24, 2.45) is 0 Å². The van der Waals surface area contributed by atoms with Gasteiger partial charge in [-0.25, -0.2) is 0 Å². The number of halogens is 1. The normalized spacial score (nSPS) is 12.5. The maximum atomic E-state index is 10.4. The van der Waals surface area contributed by atoms with Crippen LogP contribution in [0.5, 0.6) is 5.75 Å². The van der Waals surface area contributed by atoms with Crippen molar-refractivity contribution in [2.45, 2.75) is 58.3 Å². The van der Waals surface area contributed by atoms with Crippen LogP contribution in [-0.4, -0.2) is 5.11 Å². The summed E-state index contributed by atoms with van der Waals surface area (Å²) in [5.41, 5.74) is 5.51. The van der Waals surface area contributed by atoms with E-state index in [0.29, 0.717) is 11.6 Å². The molecule has 0 aliphatic heterocycles. The summed E-state index contributed by atoms with van der Waals surface area (Å²) in [6.45, 7) is 13.3. The lowest BCUT2D eigenvalue weighted by atomic mass is 9.75. The fourth-order valence-corrected chi connectivity index (χ4v) is 3.05. The maximum absolute atomic E-state index is 10.4. The first-order chi connectivity index (χ1) is 10.6. The Morgan fingerprint density at radius 3 is 2.00 bits per heavy atom. The first kappa shape index (κ1) is 17.9. The standard InChI is InChI=1S/C21H27ClO/c1-20(2,3)15-11-14(13-22)19(17(12-15)21(4,5)6)16-9-7-8-10-18(16)23/h7-12,23H,13H2,1-6H3. The molecule has 2 rings (SSSR count). The molecule has 1 N–H and O–H groups in total. The molecule has 0 spiro atoms. The van der Waals surface area contributed by atoms with E-state index < -0.39 is 0 Å². The molecule has 2 aromatic rings. The molecule has 0 aliphatic rings. The molecule has 1 nitrogen and oxygen atoms in total. The summed E-state index contributed by atoms with van der Waals surface area (Å²) in [4.78, 5) is 0. The molecule has 0 unspecified atom stereocenters. The Kier molecular flexibility index (Phi) is 4.82. The minimum atomic E-state index is -0.0420. The highest BCUT2D eigenvalue weighted by molar-refractivity contribution is 6.17. The summed E-state index contributed by atoms with van der Waals surface area (Å²) < 4.78 is 0.